The predicted molar refractivity (Wildman–Crippen MR) is 82.9 cm³/mol. The minimum atomic E-state index is -0.0305. The Kier molecular flexibility index (Phi) is 4.75. The average molecular weight is 278 g/mol. The van der Waals surface area contributed by atoms with Crippen molar-refractivity contribution in [2.45, 2.75) is 25.3 Å². The standard InChI is InChI=1S/C15H22N2OS/c1-4-11(10-19-3)17(2)15(18)13-9-16-14-8-6-5-7-12(13)14/h5-8,11,13,16H,4,9-10H2,1-3H3. The maximum atomic E-state index is 12.7. The summed E-state index contributed by atoms with van der Waals surface area (Å²) in [5, 5.41) is 3.32. The van der Waals surface area contributed by atoms with Crippen LogP contribution in [0.5, 0.6) is 0 Å². The fourth-order valence-electron chi connectivity index (χ4n) is 2.63. The number of anilines is 1. The SMILES string of the molecule is CCC(CSC)N(C)C(=O)C1CNc2ccccc21. The Morgan fingerprint density at radius 2 is 2.26 bits per heavy atom. The number of amides is 1. The van der Waals surface area contributed by atoms with Gasteiger partial charge in [0.15, 0.2) is 0 Å². The van der Waals surface area contributed by atoms with Crippen LogP contribution in [0.15, 0.2) is 24.3 Å². The monoisotopic (exact) mass is 278 g/mol. The van der Waals surface area contributed by atoms with Crippen LogP contribution in [0.3, 0.4) is 0 Å². The number of benzene rings is 1. The summed E-state index contributed by atoms with van der Waals surface area (Å²) in [6.07, 6.45) is 3.10. The van der Waals surface area contributed by atoms with Gasteiger partial charge in [-0.25, -0.2) is 0 Å². The van der Waals surface area contributed by atoms with Crippen molar-refractivity contribution in [2.75, 3.05) is 30.9 Å². The molecule has 2 unspecified atom stereocenters. The van der Waals surface area contributed by atoms with E-state index in [1.165, 1.54) is 0 Å². The first-order chi connectivity index (χ1) is 9.19. The van der Waals surface area contributed by atoms with Crippen molar-refractivity contribution in [3.8, 4) is 0 Å². The Morgan fingerprint density at radius 1 is 1.53 bits per heavy atom. The number of para-hydroxylation sites is 1. The van der Waals surface area contributed by atoms with Crippen molar-refractivity contribution in [2.24, 2.45) is 0 Å². The molecule has 0 saturated heterocycles. The first-order valence-corrected chi connectivity index (χ1v) is 8.16. The van der Waals surface area contributed by atoms with Gasteiger partial charge in [0, 0.05) is 31.1 Å². The number of likely N-dealkylation sites (N-methyl/N-ethyl adjacent to an activating group) is 1. The summed E-state index contributed by atoms with van der Waals surface area (Å²) in [5.41, 5.74) is 2.24. The number of nitrogens with one attached hydrogen (secondary N) is 1. The van der Waals surface area contributed by atoms with Crippen molar-refractivity contribution in [3.63, 3.8) is 0 Å². The first kappa shape index (κ1) is 14.3. The number of hydrogen-bond donors (Lipinski definition) is 1. The van der Waals surface area contributed by atoms with Gasteiger partial charge in [0.1, 0.15) is 0 Å². The number of nitrogens with zero attached hydrogens (tertiary/aromatic N) is 1. The maximum absolute atomic E-state index is 12.7. The molecule has 1 amide bonds. The summed E-state index contributed by atoms with van der Waals surface area (Å²) >= 11 is 1.80. The Morgan fingerprint density at radius 3 is 2.95 bits per heavy atom. The summed E-state index contributed by atoms with van der Waals surface area (Å²) in [5.74, 6) is 1.20. The molecule has 0 aliphatic carbocycles. The van der Waals surface area contributed by atoms with E-state index in [1.54, 1.807) is 11.8 Å². The number of hydrogen-bond acceptors (Lipinski definition) is 3. The molecule has 0 aromatic heterocycles. The smallest absolute Gasteiger partial charge is 0.232 e. The average Bonchev–Trinajstić information content (AvgIpc) is 2.87. The van der Waals surface area contributed by atoms with Crippen molar-refractivity contribution in [1.82, 2.24) is 4.90 Å². The van der Waals surface area contributed by atoms with Gasteiger partial charge in [0.2, 0.25) is 5.91 Å². The summed E-state index contributed by atoms with van der Waals surface area (Å²) in [6, 6.07) is 8.44. The highest BCUT2D eigenvalue weighted by atomic mass is 32.2. The summed E-state index contributed by atoms with van der Waals surface area (Å²) < 4.78 is 0. The number of carbonyl (C=O) groups is 1. The lowest BCUT2D eigenvalue weighted by atomic mass is 9.99. The Bertz CT molecular complexity index is 450. The Balaban J connectivity index is 2.12. The Labute approximate surface area is 119 Å². The van der Waals surface area contributed by atoms with Gasteiger partial charge in [-0.15, -0.1) is 0 Å². The molecule has 0 spiro atoms. The molecule has 0 bridgehead atoms. The molecule has 1 aliphatic rings. The van der Waals surface area contributed by atoms with Gasteiger partial charge < -0.3 is 10.2 Å². The van der Waals surface area contributed by atoms with E-state index in [4.69, 9.17) is 0 Å². The van der Waals surface area contributed by atoms with Crippen LogP contribution in [0.4, 0.5) is 5.69 Å². The van der Waals surface area contributed by atoms with Gasteiger partial charge in [0.25, 0.3) is 0 Å². The van der Waals surface area contributed by atoms with Crippen molar-refractivity contribution >= 4 is 23.4 Å². The summed E-state index contributed by atoms with van der Waals surface area (Å²) in [7, 11) is 1.94. The molecule has 1 N–H and O–H groups in total. The van der Waals surface area contributed by atoms with Crippen LogP contribution in [0.25, 0.3) is 0 Å². The van der Waals surface area contributed by atoms with Gasteiger partial charge in [-0.1, -0.05) is 25.1 Å². The molecule has 0 radical (unpaired) electrons. The molecule has 1 aromatic carbocycles. The van der Waals surface area contributed by atoms with E-state index in [-0.39, 0.29) is 11.8 Å². The van der Waals surface area contributed by atoms with E-state index in [0.717, 1.165) is 30.0 Å². The van der Waals surface area contributed by atoms with Crippen LogP contribution in [-0.4, -0.2) is 42.4 Å². The molecule has 1 aliphatic heterocycles. The van der Waals surface area contributed by atoms with Gasteiger partial charge in [-0.05, 0) is 24.3 Å². The molecule has 1 aromatic rings. The molecule has 0 saturated carbocycles. The van der Waals surface area contributed by atoms with Gasteiger partial charge in [-0.2, -0.15) is 11.8 Å². The van der Waals surface area contributed by atoms with Crippen LogP contribution in [-0.2, 0) is 4.79 Å². The van der Waals surface area contributed by atoms with Crippen LogP contribution in [0, 0.1) is 0 Å². The number of rotatable bonds is 5. The highest BCUT2D eigenvalue weighted by molar-refractivity contribution is 7.98. The molecular formula is C15H22N2OS. The van der Waals surface area contributed by atoms with Crippen LogP contribution >= 0.6 is 11.8 Å². The lowest BCUT2D eigenvalue weighted by Gasteiger charge is -2.29. The van der Waals surface area contributed by atoms with E-state index in [1.807, 2.05) is 30.1 Å². The van der Waals surface area contributed by atoms with E-state index in [0.29, 0.717) is 6.04 Å². The molecule has 0 fully saturated rings. The van der Waals surface area contributed by atoms with Gasteiger partial charge in [-0.3, -0.25) is 4.79 Å². The molecule has 104 valence electrons. The second-order valence-electron chi connectivity index (χ2n) is 4.99. The molecule has 2 rings (SSSR count). The molecule has 19 heavy (non-hydrogen) atoms. The zero-order valence-corrected chi connectivity index (χ0v) is 12.7. The summed E-state index contributed by atoms with van der Waals surface area (Å²) in [6.45, 7) is 2.86. The zero-order chi connectivity index (χ0) is 13.8. The molecule has 4 heteroatoms. The number of thioether (sulfide) groups is 1. The second-order valence-corrected chi connectivity index (χ2v) is 5.90. The van der Waals surface area contributed by atoms with E-state index >= 15 is 0 Å². The third kappa shape index (κ3) is 2.89. The highest BCUT2D eigenvalue weighted by Gasteiger charge is 2.32. The fourth-order valence-corrected chi connectivity index (χ4v) is 3.47. The third-order valence-electron chi connectivity index (χ3n) is 3.86. The van der Waals surface area contributed by atoms with Gasteiger partial charge >= 0.3 is 0 Å². The largest absolute Gasteiger partial charge is 0.384 e. The van der Waals surface area contributed by atoms with Crippen molar-refractivity contribution in [1.29, 1.82) is 0 Å². The molecular weight excluding hydrogens is 256 g/mol. The minimum Gasteiger partial charge on any atom is -0.384 e. The van der Waals surface area contributed by atoms with Crippen molar-refractivity contribution < 1.29 is 4.79 Å². The quantitative estimate of drug-likeness (QED) is 0.899. The molecule has 2 atom stereocenters. The topological polar surface area (TPSA) is 32.3 Å². The molecule has 3 nitrogen and oxygen atoms in total. The summed E-state index contributed by atoms with van der Waals surface area (Å²) in [4.78, 5) is 14.6. The van der Waals surface area contributed by atoms with Gasteiger partial charge in [0.05, 0.1) is 5.92 Å². The second kappa shape index (κ2) is 6.33. The number of carbonyl (C=O) groups excluding carboxylic acids is 1. The van der Waals surface area contributed by atoms with E-state index < -0.39 is 0 Å². The van der Waals surface area contributed by atoms with E-state index in [2.05, 4.69) is 24.6 Å². The van der Waals surface area contributed by atoms with Crippen LogP contribution in [0.2, 0.25) is 0 Å². The van der Waals surface area contributed by atoms with E-state index in [9.17, 15) is 4.79 Å². The predicted octanol–water partition coefficient (Wildman–Crippen LogP) is 2.80. The highest BCUT2D eigenvalue weighted by Crippen LogP contribution is 2.32. The van der Waals surface area contributed by atoms with Crippen molar-refractivity contribution in [3.05, 3.63) is 29.8 Å². The van der Waals surface area contributed by atoms with Crippen LogP contribution in [0.1, 0.15) is 24.8 Å². The maximum Gasteiger partial charge on any atom is 0.232 e. The lowest BCUT2D eigenvalue weighted by molar-refractivity contribution is -0.132. The molecule has 1 heterocycles. The minimum absolute atomic E-state index is 0.0305. The lowest BCUT2D eigenvalue weighted by Crippen LogP contribution is -2.41. The number of fused-ring (bicyclic) bond motifs is 1. The van der Waals surface area contributed by atoms with Crippen LogP contribution < -0.4 is 5.32 Å². The fraction of sp³-hybridized carbons (Fsp3) is 0.533. The third-order valence-corrected chi connectivity index (χ3v) is 4.57. The first-order valence-electron chi connectivity index (χ1n) is 6.77. The Hall–Kier alpha value is -1.16. The normalized spacial score (nSPS) is 18.6. The zero-order valence-electron chi connectivity index (χ0n) is 11.8.